The number of hydrogen-bond acceptors (Lipinski definition) is 4. The van der Waals surface area contributed by atoms with Crippen LogP contribution in [0, 0.1) is 0 Å². The van der Waals surface area contributed by atoms with Gasteiger partial charge in [0.25, 0.3) is 0 Å². The molecule has 0 amide bonds. The lowest BCUT2D eigenvalue weighted by Crippen LogP contribution is -2.42. The maximum Gasteiger partial charge on any atom is 0.741 e. The normalized spacial score (nSPS) is 12.4. The van der Waals surface area contributed by atoms with Gasteiger partial charge in [0.15, 0.2) is 0 Å². The quantitative estimate of drug-likeness (QED) is 0.203. The van der Waals surface area contributed by atoms with Crippen molar-refractivity contribution >= 4 is 62.9 Å². The van der Waals surface area contributed by atoms with Crippen LogP contribution in [0.15, 0.2) is 91.0 Å². The third-order valence-corrected chi connectivity index (χ3v) is 6.36. The minimum Gasteiger partial charge on any atom is -0.480 e. The molecule has 0 aliphatic carbocycles. The van der Waals surface area contributed by atoms with Gasteiger partial charge < -0.3 is 18.8 Å². The van der Waals surface area contributed by atoms with Crippen molar-refractivity contribution in [3.05, 3.63) is 91.0 Å². The third kappa shape index (κ3) is 3.12. The first-order valence-electron chi connectivity index (χ1n) is 10.0. The van der Waals surface area contributed by atoms with Crippen LogP contribution in [0.5, 0.6) is 5.75 Å². The van der Waals surface area contributed by atoms with E-state index in [-0.39, 0.29) is 5.75 Å². The molecule has 6 rings (SSSR count). The number of benzene rings is 6. The molecular weight excluding hydrogens is 404 g/mol. The molecule has 0 spiro atoms. The van der Waals surface area contributed by atoms with E-state index in [9.17, 15) is 14.4 Å². The van der Waals surface area contributed by atoms with Crippen molar-refractivity contribution in [1.82, 2.24) is 0 Å². The van der Waals surface area contributed by atoms with Crippen molar-refractivity contribution in [3.63, 3.8) is 0 Å². The van der Waals surface area contributed by atoms with E-state index in [1.54, 1.807) is 12.1 Å². The number of hydrogen-bond donors (Lipinski definition) is 3. The first-order chi connectivity index (χ1) is 14.9. The van der Waals surface area contributed by atoms with E-state index >= 15 is 0 Å². The predicted molar refractivity (Wildman–Crippen MR) is 127 cm³/mol. The average molecular weight is 423 g/mol. The molecule has 5 heteroatoms. The predicted octanol–water partition coefficient (Wildman–Crippen LogP) is 5.24. The summed E-state index contributed by atoms with van der Waals surface area (Å²) < 4.78 is 5.10. The summed E-state index contributed by atoms with van der Waals surface area (Å²) in [5, 5.41) is 10.7. The molecule has 0 bridgehead atoms. The maximum atomic E-state index is 9.45. The molecule has 0 saturated carbocycles. The molecule has 31 heavy (non-hydrogen) atoms. The lowest BCUT2D eigenvalue weighted by atomic mass is 9.94. The molecule has 0 saturated heterocycles. The van der Waals surface area contributed by atoms with E-state index in [1.807, 2.05) is 18.2 Å². The second-order valence-electron chi connectivity index (χ2n) is 7.91. The molecular formula is C26H18O4Si. The standard InChI is InChI=1S/C26H18O4Si/c27-31(28,29)30-26-7-3-6-18-12-19-8-9-20-13-21-10-16-4-1-2-5-17(16)11-22(21)14-23(20)24(19)15-25(18)26/h1-15,27-29H. The lowest BCUT2D eigenvalue weighted by molar-refractivity contribution is 0.129. The van der Waals surface area contributed by atoms with E-state index in [2.05, 4.69) is 60.7 Å². The van der Waals surface area contributed by atoms with Gasteiger partial charge in [-0.1, -0.05) is 48.5 Å². The van der Waals surface area contributed by atoms with Crippen LogP contribution < -0.4 is 4.43 Å². The maximum absolute atomic E-state index is 9.45. The second-order valence-corrected chi connectivity index (χ2v) is 9.26. The molecule has 6 aromatic rings. The van der Waals surface area contributed by atoms with Gasteiger partial charge in [0.1, 0.15) is 5.75 Å². The molecule has 4 nitrogen and oxygen atoms in total. The van der Waals surface area contributed by atoms with Gasteiger partial charge in [-0.25, -0.2) is 0 Å². The van der Waals surface area contributed by atoms with E-state index in [1.165, 1.54) is 16.2 Å². The van der Waals surface area contributed by atoms with Crippen LogP contribution in [0.25, 0.3) is 53.9 Å². The van der Waals surface area contributed by atoms with Crippen molar-refractivity contribution < 1.29 is 18.8 Å². The highest BCUT2D eigenvalue weighted by atomic mass is 28.4. The largest absolute Gasteiger partial charge is 0.741 e. The Hall–Kier alpha value is -3.48. The molecule has 0 heterocycles. The Labute approximate surface area is 178 Å². The molecule has 3 N–H and O–H groups in total. The van der Waals surface area contributed by atoms with Gasteiger partial charge in [0.05, 0.1) is 0 Å². The van der Waals surface area contributed by atoms with Crippen molar-refractivity contribution in [2.24, 2.45) is 0 Å². The summed E-state index contributed by atoms with van der Waals surface area (Å²) in [4.78, 5) is 28.3. The van der Waals surface area contributed by atoms with E-state index in [4.69, 9.17) is 4.43 Å². The zero-order valence-electron chi connectivity index (χ0n) is 16.4. The Morgan fingerprint density at radius 1 is 0.452 bits per heavy atom. The smallest absolute Gasteiger partial charge is 0.480 e. The zero-order chi connectivity index (χ0) is 21.2. The molecule has 0 aliphatic heterocycles. The molecule has 0 radical (unpaired) electrons. The second kappa shape index (κ2) is 6.51. The number of rotatable bonds is 2. The van der Waals surface area contributed by atoms with Crippen molar-refractivity contribution in [1.29, 1.82) is 0 Å². The van der Waals surface area contributed by atoms with Crippen LogP contribution in [-0.4, -0.2) is 23.4 Å². The van der Waals surface area contributed by atoms with E-state index in [0.717, 1.165) is 37.7 Å². The van der Waals surface area contributed by atoms with Gasteiger partial charge in [0.2, 0.25) is 0 Å². The molecule has 0 atom stereocenters. The van der Waals surface area contributed by atoms with Crippen LogP contribution in [0.2, 0.25) is 0 Å². The van der Waals surface area contributed by atoms with Gasteiger partial charge in [-0.3, -0.25) is 0 Å². The van der Waals surface area contributed by atoms with Crippen molar-refractivity contribution in [3.8, 4) is 5.75 Å². The summed E-state index contributed by atoms with van der Waals surface area (Å²) in [6.45, 7) is 0. The summed E-state index contributed by atoms with van der Waals surface area (Å²) in [6, 6.07) is 30.8. The molecule has 0 fully saturated rings. The summed E-state index contributed by atoms with van der Waals surface area (Å²) in [7, 11) is -4.70. The molecule has 6 aromatic carbocycles. The summed E-state index contributed by atoms with van der Waals surface area (Å²) in [5.74, 6) is 0.252. The van der Waals surface area contributed by atoms with E-state index < -0.39 is 9.05 Å². The Morgan fingerprint density at radius 3 is 1.65 bits per heavy atom. The third-order valence-electron chi connectivity index (χ3n) is 5.86. The van der Waals surface area contributed by atoms with Crippen LogP contribution in [0.1, 0.15) is 0 Å². The molecule has 0 aromatic heterocycles. The van der Waals surface area contributed by atoms with Crippen LogP contribution in [0.3, 0.4) is 0 Å². The van der Waals surface area contributed by atoms with Crippen LogP contribution >= 0.6 is 0 Å². The van der Waals surface area contributed by atoms with Gasteiger partial charge in [-0.2, -0.15) is 0 Å². The van der Waals surface area contributed by atoms with Gasteiger partial charge >= 0.3 is 9.05 Å². The fraction of sp³-hybridized carbons (Fsp3) is 0. The minimum atomic E-state index is -4.70. The first kappa shape index (κ1) is 18.3. The molecule has 0 aliphatic rings. The summed E-state index contributed by atoms with van der Waals surface area (Å²) >= 11 is 0. The minimum absolute atomic E-state index is 0.252. The molecule has 150 valence electrons. The average Bonchev–Trinajstić information content (AvgIpc) is 2.74. The fourth-order valence-electron chi connectivity index (χ4n) is 4.48. The highest BCUT2D eigenvalue weighted by Gasteiger charge is 2.34. The monoisotopic (exact) mass is 422 g/mol. The Kier molecular flexibility index (Phi) is 3.84. The SMILES string of the molecule is O[Si](O)(O)Oc1cccc2cc3ccc4cc5cc6ccccc6cc5cc4c3cc12. The lowest BCUT2D eigenvalue weighted by Gasteiger charge is -2.15. The van der Waals surface area contributed by atoms with Crippen molar-refractivity contribution in [2.45, 2.75) is 0 Å². The summed E-state index contributed by atoms with van der Waals surface area (Å²) in [6.07, 6.45) is 0. The molecule has 0 unspecified atom stereocenters. The zero-order valence-corrected chi connectivity index (χ0v) is 17.4. The fourth-order valence-corrected chi connectivity index (χ4v) is 4.96. The van der Waals surface area contributed by atoms with Gasteiger partial charge in [0, 0.05) is 5.39 Å². The highest BCUT2D eigenvalue weighted by Crippen LogP contribution is 2.36. The van der Waals surface area contributed by atoms with E-state index in [0.29, 0.717) is 0 Å². The summed E-state index contributed by atoms with van der Waals surface area (Å²) in [5.41, 5.74) is 0. The Morgan fingerprint density at radius 2 is 0.968 bits per heavy atom. The Bertz CT molecular complexity index is 1650. The first-order valence-corrected chi connectivity index (χ1v) is 11.8. The van der Waals surface area contributed by atoms with Crippen LogP contribution in [0.4, 0.5) is 0 Å². The van der Waals surface area contributed by atoms with Crippen molar-refractivity contribution in [2.75, 3.05) is 0 Å². The van der Waals surface area contributed by atoms with Gasteiger partial charge in [-0.05, 0) is 90.9 Å². The topological polar surface area (TPSA) is 69.9 Å². The highest BCUT2D eigenvalue weighted by molar-refractivity contribution is 6.49. The Balaban J connectivity index is 1.68. The number of fused-ring (bicyclic) bond motifs is 6. The van der Waals surface area contributed by atoms with Crippen LogP contribution in [-0.2, 0) is 0 Å². The van der Waals surface area contributed by atoms with Gasteiger partial charge in [-0.15, -0.1) is 0 Å².